The lowest BCUT2D eigenvalue weighted by Gasteiger charge is -2.24. The molecule has 3 heterocycles. The van der Waals surface area contributed by atoms with E-state index in [1.54, 1.807) is 48.7 Å². The molecule has 164 valence electrons. The van der Waals surface area contributed by atoms with E-state index in [9.17, 15) is 14.4 Å². The molecule has 0 aliphatic rings. The Morgan fingerprint density at radius 1 is 1.19 bits per heavy atom. The number of hydrogen-bond acceptors (Lipinski definition) is 6. The smallest absolute Gasteiger partial charge is 0.330 e. The number of furan rings is 1. The van der Waals surface area contributed by atoms with Gasteiger partial charge in [-0.1, -0.05) is 25.5 Å². The van der Waals surface area contributed by atoms with Crippen molar-refractivity contribution in [2.24, 2.45) is 0 Å². The minimum Gasteiger partial charge on any atom is -0.467 e. The number of H-pyrrole nitrogens is 1. The summed E-state index contributed by atoms with van der Waals surface area (Å²) in [5, 5.41) is 0.638. The van der Waals surface area contributed by atoms with Gasteiger partial charge in [0.2, 0.25) is 0 Å². The number of nitrogens with one attached hydrogen (secondary N) is 1. The van der Waals surface area contributed by atoms with E-state index in [4.69, 9.17) is 10.2 Å². The van der Waals surface area contributed by atoms with Crippen molar-refractivity contribution < 1.29 is 9.21 Å². The first-order chi connectivity index (χ1) is 15.5. The van der Waals surface area contributed by atoms with Gasteiger partial charge >= 0.3 is 5.69 Å². The fourth-order valence-corrected chi connectivity index (χ4v) is 3.62. The van der Waals surface area contributed by atoms with E-state index in [2.05, 4.69) is 9.97 Å². The number of anilines is 2. The Labute approximate surface area is 183 Å². The lowest BCUT2D eigenvalue weighted by molar-refractivity contribution is 0.0984. The van der Waals surface area contributed by atoms with Gasteiger partial charge in [-0.2, -0.15) is 0 Å². The predicted molar refractivity (Wildman–Crippen MR) is 122 cm³/mol. The molecular weight excluding hydrogens is 410 g/mol. The van der Waals surface area contributed by atoms with Crippen LogP contribution in [0.1, 0.15) is 35.9 Å². The van der Waals surface area contributed by atoms with Crippen molar-refractivity contribution in [2.45, 2.75) is 32.9 Å². The van der Waals surface area contributed by atoms with Gasteiger partial charge in [-0.05, 0) is 36.8 Å². The van der Waals surface area contributed by atoms with Crippen molar-refractivity contribution in [3.63, 3.8) is 0 Å². The lowest BCUT2D eigenvalue weighted by atomic mass is 10.1. The molecule has 4 aromatic rings. The maximum absolute atomic E-state index is 13.8. The molecule has 0 unspecified atom stereocenters. The number of carbonyl (C=O) groups excluding carboxylic acids is 1. The first-order valence-electron chi connectivity index (χ1n) is 10.3. The molecule has 0 radical (unpaired) electrons. The number of nitrogens with two attached hydrogens (primary N) is 1. The van der Waals surface area contributed by atoms with Crippen molar-refractivity contribution >= 4 is 28.3 Å². The van der Waals surface area contributed by atoms with Crippen molar-refractivity contribution in [2.75, 3.05) is 10.6 Å². The molecular formula is C23H23N5O4. The summed E-state index contributed by atoms with van der Waals surface area (Å²) in [5.41, 5.74) is 5.85. The summed E-state index contributed by atoms with van der Waals surface area (Å²) >= 11 is 0. The quantitative estimate of drug-likeness (QED) is 0.461. The van der Waals surface area contributed by atoms with Crippen LogP contribution in [0.25, 0.3) is 10.9 Å². The van der Waals surface area contributed by atoms with Gasteiger partial charge in [-0.25, -0.2) is 4.79 Å². The fourth-order valence-electron chi connectivity index (χ4n) is 3.62. The van der Waals surface area contributed by atoms with Crippen molar-refractivity contribution in [1.29, 1.82) is 0 Å². The Morgan fingerprint density at radius 2 is 2.03 bits per heavy atom. The van der Waals surface area contributed by atoms with Gasteiger partial charge in [-0.3, -0.25) is 29.0 Å². The van der Waals surface area contributed by atoms with Crippen LogP contribution < -0.4 is 21.9 Å². The number of nitrogen functional groups attached to an aromatic ring is 1. The maximum atomic E-state index is 13.8. The molecule has 0 aliphatic carbocycles. The Morgan fingerprint density at radius 3 is 2.78 bits per heavy atom. The topological polar surface area (TPSA) is 127 Å². The molecule has 9 heteroatoms. The van der Waals surface area contributed by atoms with Crippen LogP contribution >= 0.6 is 0 Å². The third-order valence-electron chi connectivity index (χ3n) is 5.23. The molecule has 32 heavy (non-hydrogen) atoms. The highest BCUT2D eigenvalue weighted by Crippen LogP contribution is 2.25. The highest BCUT2D eigenvalue weighted by atomic mass is 16.3. The van der Waals surface area contributed by atoms with E-state index in [1.807, 2.05) is 6.92 Å². The zero-order chi connectivity index (χ0) is 22.7. The van der Waals surface area contributed by atoms with Crippen LogP contribution in [-0.2, 0) is 13.1 Å². The second-order valence-corrected chi connectivity index (χ2v) is 7.34. The predicted octanol–water partition coefficient (Wildman–Crippen LogP) is 2.91. The number of aromatic nitrogens is 3. The fraction of sp³-hybridized carbons (Fsp3) is 0.217. The minimum absolute atomic E-state index is 0.0399. The van der Waals surface area contributed by atoms with Crippen LogP contribution in [0.4, 0.5) is 11.5 Å². The van der Waals surface area contributed by atoms with E-state index in [1.165, 1.54) is 15.7 Å². The van der Waals surface area contributed by atoms with Crippen molar-refractivity contribution in [3.8, 4) is 0 Å². The molecule has 1 amide bonds. The summed E-state index contributed by atoms with van der Waals surface area (Å²) in [7, 11) is 0. The summed E-state index contributed by atoms with van der Waals surface area (Å²) in [4.78, 5) is 46.8. The molecule has 4 rings (SSSR count). The van der Waals surface area contributed by atoms with Crippen LogP contribution in [-0.4, -0.2) is 20.4 Å². The summed E-state index contributed by atoms with van der Waals surface area (Å²) in [6.07, 6.45) is 4.65. The second-order valence-electron chi connectivity index (χ2n) is 7.34. The molecule has 0 saturated carbocycles. The molecule has 0 spiro atoms. The van der Waals surface area contributed by atoms with Crippen LogP contribution in [0.2, 0.25) is 0 Å². The monoisotopic (exact) mass is 433 g/mol. The molecule has 1 aromatic carbocycles. The molecule has 0 bridgehead atoms. The summed E-state index contributed by atoms with van der Waals surface area (Å²) in [5.74, 6) is -0.0646. The molecule has 3 N–H and O–H groups in total. The second kappa shape index (κ2) is 8.93. The van der Waals surface area contributed by atoms with Crippen LogP contribution in [0.15, 0.2) is 68.9 Å². The van der Waals surface area contributed by atoms with Crippen LogP contribution in [0.3, 0.4) is 0 Å². The number of benzene rings is 1. The number of nitrogens with zero attached hydrogens (tertiary/aromatic N) is 3. The Bertz CT molecular complexity index is 1370. The largest absolute Gasteiger partial charge is 0.467 e. The number of hydrogen-bond donors (Lipinski definition) is 2. The van der Waals surface area contributed by atoms with Gasteiger partial charge in [-0.15, -0.1) is 0 Å². The summed E-state index contributed by atoms with van der Waals surface area (Å²) in [6.45, 7) is 2.27. The molecule has 9 nitrogen and oxygen atoms in total. The van der Waals surface area contributed by atoms with E-state index in [0.717, 1.165) is 6.42 Å². The van der Waals surface area contributed by atoms with E-state index >= 15 is 0 Å². The number of unbranched alkanes of at least 4 members (excludes halogenated alkanes) is 1. The average Bonchev–Trinajstić information content (AvgIpc) is 3.30. The SMILES string of the molecule is CCCCn1c(N)c(N(Cc2ccco2)C(=O)c2cccc3ncccc23)c(=O)[nH]c1=O. The minimum atomic E-state index is -0.737. The van der Waals surface area contributed by atoms with E-state index in [-0.39, 0.29) is 18.1 Å². The van der Waals surface area contributed by atoms with Gasteiger partial charge in [0.05, 0.1) is 18.3 Å². The molecule has 0 fully saturated rings. The van der Waals surface area contributed by atoms with Gasteiger partial charge in [0.15, 0.2) is 5.69 Å². The van der Waals surface area contributed by atoms with Crippen LogP contribution in [0, 0.1) is 0 Å². The Balaban J connectivity index is 1.90. The Hall–Kier alpha value is -4.14. The highest BCUT2D eigenvalue weighted by molar-refractivity contribution is 6.14. The van der Waals surface area contributed by atoms with Gasteiger partial charge in [0.25, 0.3) is 11.5 Å². The third kappa shape index (κ3) is 3.92. The first kappa shape index (κ1) is 21.1. The number of carbonyl (C=O) groups is 1. The first-order valence-corrected chi connectivity index (χ1v) is 10.3. The maximum Gasteiger partial charge on any atom is 0.330 e. The average molecular weight is 433 g/mol. The van der Waals surface area contributed by atoms with Gasteiger partial charge < -0.3 is 10.2 Å². The standard InChI is InChI=1S/C23H23N5O4/c1-2-3-12-27-20(24)19(21(29)26-23(27)31)28(14-15-7-6-13-32-15)22(30)17-8-4-10-18-16(17)9-5-11-25-18/h4-11,13H,2-3,12,14,24H2,1H3,(H,26,29,31). The number of rotatable bonds is 7. The van der Waals surface area contributed by atoms with E-state index in [0.29, 0.717) is 35.2 Å². The van der Waals surface area contributed by atoms with Crippen molar-refractivity contribution in [1.82, 2.24) is 14.5 Å². The summed E-state index contributed by atoms with van der Waals surface area (Å²) in [6, 6.07) is 12.1. The number of aromatic amines is 1. The number of pyridine rings is 1. The van der Waals surface area contributed by atoms with Crippen LogP contribution in [0.5, 0.6) is 0 Å². The molecule has 0 atom stereocenters. The third-order valence-corrected chi connectivity index (χ3v) is 5.23. The molecule has 0 saturated heterocycles. The molecule has 3 aromatic heterocycles. The van der Waals surface area contributed by atoms with Gasteiger partial charge in [0.1, 0.15) is 11.6 Å². The highest BCUT2D eigenvalue weighted by Gasteiger charge is 2.27. The molecule has 0 aliphatic heterocycles. The van der Waals surface area contributed by atoms with Gasteiger partial charge in [0, 0.05) is 23.7 Å². The number of amides is 1. The number of fused-ring (bicyclic) bond motifs is 1. The zero-order valence-corrected chi connectivity index (χ0v) is 17.6. The zero-order valence-electron chi connectivity index (χ0n) is 17.6. The Kier molecular flexibility index (Phi) is 5.89. The van der Waals surface area contributed by atoms with E-state index < -0.39 is 17.2 Å². The van der Waals surface area contributed by atoms with Crippen molar-refractivity contribution in [3.05, 3.63) is 87.1 Å². The normalized spacial score (nSPS) is 11.0. The summed E-state index contributed by atoms with van der Waals surface area (Å²) < 4.78 is 6.71. The lowest BCUT2D eigenvalue weighted by Crippen LogP contribution is -2.41.